The third-order valence-corrected chi connectivity index (χ3v) is 8.87. The third kappa shape index (κ3) is 2.41. The first-order valence-electron chi connectivity index (χ1n) is 10.3. The van der Waals surface area contributed by atoms with Crippen LogP contribution in [0.2, 0.25) is 0 Å². The highest BCUT2D eigenvalue weighted by Crippen LogP contribution is 2.67. The normalized spacial score (nSPS) is 50.5. The van der Waals surface area contributed by atoms with Crippen LogP contribution in [0.1, 0.15) is 65.7 Å². The van der Waals surface area contributed by atoms with E-state index in [9.17, 15) is 9.90 Å². The molecule has 0 radical (unpaired) electrons. The van der Waals surface area contributed by atoms with Crippen molar-refractivity contribution in [3.8, 4) is 0 Å². The molecule has 4 aliphatic carbocycles. The van der Waals surface area contributed by atoms with Gasteiger partial charge >= 0.3 is 0 Å². The zero-order valence-electron chi connectivity index (χ0n) is 16.3. The van der Waals surface area contributed by atoms with E-state index in [1.54, 1.807) is 0 Å². The number of aliphatic hydroxyl groups is 1. The molecule has 0 aromatic rings. The van der Waals surface area contributed by atoms with Crippen molar-refractivity contribution in [3.63, 3.8) is 0 Å². The molecule has 0 spiro atoms. The molecule has 0 heterocycles. The lowest BCUT2D eigenvalue weighted by Gasteiger charge is -2.58. The number of hydrogen-bond acceptors (Lipinski definition) is 3. The number of hydrogen-bond donors (Lipinski definition) is 1. The van der Waals surface area contributed by atoms with Gasteiger partial charge in [0.2, 0.25) is 0 Å². The van der Waals surface area contributed by atoms with Crippen LogP contribution in [0.15, 0.2) is 11.6 Å². The lowest BCUT2D eigenvalue weighted by Crippen LogP contribution is -2.51. The van der Waals surface area contributed by atoms with Crippen molar-refractivity contribution < 1.29 is 14.6 Å². The number of carbonyl (C=O) groups excluding carboxylic acids is 1. The Balaban J connectivity index is 1.68. The second kappa shape index (κ2) is 5.92. The summed E-state index contributed by atoms with van der Waals surface area (Å²) in [5.41, 5.74) is 1.85. The lowest BCUT2D eigenvalue weighted by molar-refractivity contribution is -0.118. The Hall–Kier alpha value is -0.670. The van der Waals surface area contributed by atoms with E-state index in [1.807, 2.05) is 20.1 Å². The minimum absolute atomic E-state index is 0.187. The molecule has 4 aliphatic rings. The largest absolute Gasteiger partial charge is 0.393 e. The fourth-order valence-electron chi connectivity index (χ4n) is 7.69. The Morgan fingerprint density at radius 1 is 1.20 bits per heavy atom. The summed E-state index contributed by atoms with van der Waals surface area (Å²) in [5, 5.41) is 10.5. The van der Waals surface area contributed by atoms with E-state index in [-0.39, 0.29) is 29.0 Å². The quantitative estimate of drug-likeness (QED) is 0.817. The number of aliphatic hydroxyl groups excluding tert-OH is 1. The number of methoxy groups -OCH3 is 1. The predicted molar refractivity (Wildman–Crippen MR) is 98.1 cm³/mol. The predicted octanol–water partition coefficient (Wildman–Crippen LogP) is 4.14. The SMILES string of the molecule is CO[C@@H]1C[C@H]2[C@@H]3CCC4=CC(=O)CC[C@]4(C)[C@H]3CC[C@]2(C)[C@H]1[C@@H](C)O. The summed E-state index contributed by atoms with van der Waals surface area (Å²) >= 11 is 0. The fourth-order valence-corrected chi connectivity index (χ4v) is 7.69. The van der Waals surface area contributed by atoms with Gasteiger partial charge in [0.05, 0.1) is 12.2 Å². The van der Waals surface area contributed by atoms with Crippen LogP contribution in [0.3, 0.4) is 0 Å². The zero-order chi connectivity index (χ0) is 18.0. The summed E-state index contributed by atoms with van der Waals surface area (Å²) in [6.45, 7) is 6.80. The van der Waals surface area contributed by atoms with Crippen LogP contribution in [0.4, 0.5) is 0 Å². The maximum Gasteiger partial charge on any atom is 0.155 e. The average molecular weight is 347 g/mol. The van der Waals surface area contributed by atoms with Gasteiger partial charge in [-0.3, -0.25) is 4.79 Å². The first kappa shape index (κ1) is 17.7. The minimum Gasteiger partial charge on any atom is -0.393 e. The Bertz CT molecular complexity index is 594. The van der Waals surface area contributed by atoms with Gasteiger partial charge in [-0.15, -0.1) is 0 Å². The summed E-state index contributed by atoms with van der Waals surface area (Å²) < 4.78 is 5.85. The first-order valence-corrected chi connectivity index (χ1v) is 10.3. The monoisotopic (exact) mass is 346 g/mol. The summed E-state index contributed by atoms with van der Waals surface area (Å²) in [6, 6.07) is 0. The van der Waals surface area contributed by atoms with Gasteiger partial charge in [0.15, 0.2) is 5.78 Å². The van der Waals surface area contributed by atoms with Crippen molar-refractivity contribution in [1.82, 2.24) is 0 Å². The minimum atomic E-state index is -0.307. The van der Waals surface area contributed by atoms with Crippen LogP contribution in [0.5, 0.6) is 0 Å². The fraction of sp³-hybridized carbons (Fsp3) is 0.864. The molecule has 4 rings (SSSR count). The van der Waals surface area contributed by atoms with Crippen molar-refractivity contribution in [2.24, 2.45) is 34.5 Å². The highest BCUT2D eigenvalue weighted by molar-refractivity contribution is 5.91. The maximum atomic E-state index is 11.9. The molecule has 25 heavy (non-hydrogen) atoms. The number of ketones is 1. The molecule has 3 nitrogen and oxygen atoms in total. The Morgan fingerprint density at radius 3 is 2.64 bits per heavy atom. The van der Waals surface area contributed by atoms with Crippen molar-refractivity contribution in [2.45, 2.75) is 77.9 Å². The van der Waals surface area contributed by atoms with Crippen LogP contribution >= 0.6 is 0 Å². The zero-order valence-corrected chi connectivity index (χ0v) is 16.3. The van der Waals surface area contributed by atoms with Crippen molar-refractivity contribution in [3.05, 3.63) is 11.6 Å². The van der Waals surface area contributed by atoms with Gasteiger partial charge in [0.1, 0.15) is 0 Å². The standard InChI is InChI=1S/C22H34O3/c1-13(23)20-19(25-4)12-18-16-6-5-14-11-15(24)7-9-21(14,2)17(16)8-10-22(18,20)3/h11,13,16-20,23H,5-10,12H2,1-4H3/t13-,16-,17+,18+,19-,20+,21+,22+/m1/s1. The second-order valence-electron chi connectivity index (χ2n) is 9.79. The molecule has 0 aliphatic heterocycles. The lowest BCUT2D eigenvalue weighted by atomic mass is 9.46. The number of allylic oxidation sites excluding steroid dienone is 1. The first-order chi connectivity index (χ1) is 11.8. The highest BCUT2D eigenvalue weighted by Gasteiger charge is 2.62. The number of ether oxygens (including phenoxy) is 1. The topological polar surface area (TPSA) is 46.5 Å². The molecular formula is C22H34O3. The van der Waals surface area contributed by atoms with Crippen LogP contribution in [-0.2, 0) is 9.53 Å². The van der Waals surface area contributed by atoms with Gasteiger partial charge in [-0.1, -0.05) is 19.4 Å². The van der Waals surface area contributed by atoms with E-state index in [4.69, 9.17) is 4.74 Å². The Morgan fingerprint density at radius 2 is 1.96 bits per heavy atom. The summed E-state index contributed by atoms with van der Waals surface area (Å²) in [4.78, 5) is 11.9. The van der Waals surface area contributed by atoms with E-state index in [0.29, 0.717) is 17.6 Å². The van der Waals surface area contributed by atoms with Crippen LogP contribution in [0, 0.1) is 34.5 Å². The van der Waals surface area contributed by atoms with E-state index in [0.717, 1.165) is 31.6 Å². The molecular weight excluding hydrogens is 312 g/mol. The number of rotatable bonds is 2. The molecule has 3 heteroatoms. The van der Waals surface area contributed by atoms with Crippen LogP contribution < -0.4 is 0 Å². The molecule has 3 fully saturated rings. The van der Waals surface area contributed by atoms with Crippen molar-refractivity contribution in [1.29, 1.82) is 0 Å². The third-order valence-electron chi connectivity index (χ3n) is 8.87. The van der Waals surface area contributed by atoms with Crippen LogP contribution in [-0.4, -0.2) is 30.2 Å². The molecule has 0 saturated heterocycles. The van der Waals surface area contributed by atoms with Gasteiger partial charge in [0.25, 0.3) is 0 Å². The summed E-state index contributed by atoms with van der Waals surface area (Å²) in [7, 11) is 1.81. The van der Waals surface area contributed by atoms with Gasteiger partial charge in [-0.05, 0) is 80.1 Å². The molecule has 0 aromatic carbocycles. The van der Waals surface area contributed by atoms with Gasteiger partial charge in [-0.25, -0.2) is 0 Å². The molecule has 0 unspecified atom stereocenters. The van der Waals surface area contributed by atoms with Crippen LogP contribution in [0.25, 0.3) is 0 Å². The molecule has 0 bridgehead atoms. The molecule has 8 atom stereocenters. The van der Waals surface area contributed by atoms with Crippen molar-refractivity contribution >= 4 is 5.78 Å². The Labute approximate surface area is 152 Å². The average Bonchev–Trinajstić information content (AvgIpc) is 2.88. The summed E-state index contributed by atoms with van der Waals surface area (Å²) in [6.07, 6.45) is 9.44. The molecule has 0 amide bonds. The molecule has 0 aromatic heterocycles. The molecule has 140 valence electrons. The van der Waals surface area contributed by atoms with Gasteiger partial charge in [-0.2, -0.15) is 0 Å². The number of fused-ring (bicyclic) bond motifs is 5. The second-order valence-corrected chi connectivity index (χ2v) is 9.79. The van der Waals surface area contributed by atoms with Gasteiger partial charge in [0, 0.05) is 19.4 Å². The smallest absolute Gasteiger partial charge is 0.155 e. The highest BCUT2D eigenvalue weighted by atomic mass is 16.5. The number of carbonyl (C=O) groups is 1. The summed E-state index contributed by atoms with van der Waals surface area (Å²) in [5.74, 6) is 2.65. The molecule has 1 N–H and O–H groups in total. The van der Waals surface area contributed by atoms with E-state index < -0.39 is 0 Å². The van der Waals surface area contributed by atoms with Crippen molar-refractivity contribution in [2.75, 3.05) is 7.11 Å². The van der Waals surface area contributed by atoms with Gasteiger partial charge < -0.3 is 9.84 Å². The Kier molecular flexibility index (Phi) is 4.20. The molecule has 3 saturated carbocycles. The van der Waals surface area contributed by atoms with E-state index >= 15 is 0 Å². The maximum absolute atomic E-state index is 11.9. The van der Waals surface area contributed by atoms with E-state index in [2.05, 4.69) is 13.8 Å². The van der Waals surface area contributed by atoms with E-state index in [1.165, 1.54) is 24.8 Å².